The molecule has 0 aromatic rings. The van der Waals surface area contributed by atoms with Gasteiger partial charge in [-0.05, 0) is 45.2 Å². The lowest BCUT2D eigenvalue weighted by Crippen LogP contribution is -2.38. The highest BCUT2D eigenvalue weighted by Crippen LogP contribution is 2.17. The van der Waals surface area contributed by atoms with Gasteiger partial charge in [0.25, 0.3) is 0 Å². The minimum atomic E-state index is -0.0345. The van der Waals surface area contributed by atoms with Gasteiger partial charge < -0.3 is 15.5 Å². The summed E-state index contributed by atoms with van der Waals surface area (Å²) >= 11 is 0. The molecule has 0 atom stereocenters. The van der Waals surface area contributed by atoms with Crippen LogP contribution in [0.2, 0.25) is 0 Å². The fraction of sp³-hybridized carbons (Fsp3) is 0.846. The van der Waals surface area contributed by atoms with E-state index in [2.05, 4.69) is 10.6 Å². The van der Waals surface area contributed by atoms with Crippen molar-refractivity contribution in [2.45, 2.75) is 32.6 Å². The first-order valence-electron chi connectivity index (χ1n) is 6.84. The lowest BCUT2D eigenvalue weighted by Gasteiger charge is -2.22. The Morgan fingerprint density at radius 2 is 2.00 bits per heavy atom. The van der Waals surface area contributed by atoms with Crippen LogP contribution in [0, 0.1) is 5.92 Å². The SMILES string of the molecule is CCN(C)C(=O)CNC(=O)CCC1CCNCC1. The van der Waals surface area contributed by atoms with E-state index >= 15 is 0 Å². The molecule has 5 heteroatoms. The monoisotopic (exact) mass is 255 g/mol. The molecule has 0 saturated carbocycles. The molecule has 0 aliphatic carbocycles. The predicted molar refractivity (Wildman–Crippen MR) is 71.1 cm³/mol. The number of nitrogens with one attached hydrogen (secondary N) is 2. The molecule has 1 aliphatic heterocycles. The quantitative estimate of drug-likeness (QED) is 0.720. The molecule has 1 fully saturated rings. The first kappa shape index (κ1) is 15.0. The van der Waals surface area contributed by atoms with Crippen LogP contribution in [-0.2, 0) is 9.59 Å². The van der Waals surface area contributed by atoms with Crippen LogP contribution < -0.4 is 10.6 Å². The summed E-state index contributed by atoms with van der Waals surface area (Å²) in [7, 11) is 1.74. The van der Waals surface area contributed by atoms with Gasteiger partial charge >= 0.3 is 0 Å². The van der Waals surface area contributed by atoms with Crippen molar-refractivity contribution in [3.63, 3.8) is 0 Å². The number of hydrogen-bond donors (Lipinski definition) is 2. The zero-order chi connectivity index (χ0) is 13.4. The number of carbonyl (C=O) groups is 2. The van der Waals surface area contributed by atoms with Gasteiger partial charge in [0.15, 0.2) is 0 Å². The van der Waals surface area contributed by atoms with Crippen molar-refractivity contribution in [2.24, 2.45) is 5.92 Å². The Morgan fingerprint density at radius 3 is 2.61 bits per heavy atom. The van der Waals surface area contributed by atoms with Gasteiger partial charge in [0.05, 0.1) is 6.54 Å². The number of likely N-dealkylation sites (N-methyl/N-ethyl adjacent to an activating group) is 1. The molecule has 1 saturated heterocycles. The van der Waals surface area contributed by atoms with Gasteiger partial charge in [-0.1, -0.05) is 0 Å². The second-order valence-electron chi connectivity index (χ2n) is 4.92. The van der Waals surface area contributed by atoms with E-state index < -0.39 is 0 Å². The highest BCUT2D eigenvalue weighted by molar-refractivity contribution is 5.84. The van der Waals surface area contributed by atoms with Crippen molar-refractivity contribution in [1.29, 1.82) is 0 Å². The number of hydrogen-bond acceptors (Lipinski definition) is 3. The summed E-state index contributed by atoms with van der Waals surface area (Å²) in [6.07, 6.45) is 3.79. The van der Waals surface area contributed by atoms with Crippen LogP contribution in [-0.4, -0.2) is 49.9 Å². The third-order valence-corrected chi connectivity index (χ3v) is 3.58. The molecule has 0 aromatic heterocycles. The molecule has 0 spiro atoms. The lowest BCUT2D eigenvalue weighted by molar-refractivity contribution is -0.131. The van der Waals surface area contributed by atoms with Crippen molar-refractivity contribution in [2.75, 3.05) is 33.2 Å². The number of amides is 2. The second-order valence-corrected chi connectivity index (χ2v) is 4.92. The zero-order valence-corrected chi connectivity index (χ0v) is 11.5. The Bertz CT molecular complexity index is 275. The normalized spacial score (nSPS) is 16.3. The van der Waals surface area contributed by atoms with E-state index in [1.54, 1.807) is 11.9 Å². The van der Waals surface area contributed by atoms with E-state index in [1.807, 2.05) is 6.92 Å². The smallest absolute Gasteiger partial charge is 0.241 e. The first-order valence-corrected chi connectivity index (χ1v) is 6.84. The molecule has 1 rings (SSSR count). The largest absolute Gasteiger partial charge is 0.347 e. The Morgan fingerprint density at radius 1 is 1.33 bits per heavy atom. The van der Waals surface area contributed by atoms with Gasteiger partial charge in [-0.25, -0.2) is 0 Å². The Hall–Kier alpha value is -1.10. The summed E-state index contributed by atoms with van der Waals surface area (Å²) in [5.41, 5.74) is 0. The number of piperidine rings is 1. The van der Waals surface area contributed by atoms with Crippen LogP contribution in [0.15, 0.2) is 0 Å². The molecule has 18 heavy (non-hydrogen) atoms. The molecule has 2 N–H and O–H groups in total. The fourth-order valence-corrected chi connectivity index (χ4v) is 2.08. The van der Waals surface area contributed by atoms with Gasteiger partial charge in [-0.2, -0.15) is 0 Å². The maximum atomic E-state index is 11.6. The maximum Gasteiger partial charge on any atom is 0.241 e. The van der Waals surface area contributed by atoms with Crippen molar-refractivity contribution in [3.05, 3.63) is 0 Å². The number of carbonyl (C=O) groups excluding carboxylic acids is 2. The average molecular weight is 255 g/mol. The zero-order valence-electron chi connectivity index (χ0n) is 11.5. The minimum Gasteiger partial charge on any atom is -0.347 e. The predicted octanol–water partition coefficient (Wildman–Crippen LogP) is 0.361. The molecule has 1 aliphatic rings. The average Bonchev–Trinajstić information content (AvgIpc) is 2.42. The van der Waals surface area contributed by atoms with Crippen LogP contribution in [0.4, 0.5) is 0 Å². The standard InChI is InChI=1S/C13H25N3O2/c1-3-16(2)13(18)10-15-12(17)5-4-11-6-8-14-9-7-11/h11,14H,3-10H2,1-2H3,(H,15,17). The Kier molecular flexibility index (Phi) is 6.72. The highest BCUT2D eigenvalue weighted by atomic mass is 16.2. The molecule has 104 valence electrons. The molecule has 0 bridgehead atoms. The summed E-state index contributed by atoms with van der Waals surface area (Å²) in [4.78, 5) is 24.7. The number of rotatable bonds is 6. The molecular formula is C13H25N3O2. The van der Waals surface area contributed by atoms with Crippen LogP contribution in [0.3, 0.4) is 0 Å². The fourth-order valence-electron chi connectivity index (χ4n) is 2.08. The molecule has 0 aromatic carbocycles. The van der Waals surface area contributed by atoms with Gasteiger partial charge in [0, 0.05) is 20.0 Å². The Labute approximate surface area is 109 Å². The van der Waals surface area contributed by atoms with Crippen LogP contribution in [0.5, 0.6) is 0 Å². The summed E-state index contributed by atoms with van der Waals surface area (Å²) in [6, 6.07) is 0. The summed E-state index contributed by atoms with van der Waals surface area (Å²) in [5.74, 6) is 0.616. The van der Waals surface area contributed by atoms with Gasteiger partial charge in [-0.3, -0.25) is 9.59 Å². The van der Waals surface area contributed by atoms with E-state index in [9.17, 15) is 9.59 Å². The van der Waals surface area contributed by atoms with Crippen molar-refractivity contribution in [1.82, 2.24) is 15.5 Å². The van der Waals surface area contributed by atoms with Crippen LogP contribution >= 0.6 is 0 Å². The Balaban J connectivity index is 2.11. The molecule has 5 nitrogen and oxygen atoms in total. The lowest BCUT2D eigenvalue weighted by atomic mass is 9.93. The van der Waals surface area contributed by atoms with Crippen molar-refractivity contribution in [3.8, 4) is 0 Å². The number of nitrogens with zero attached hydrogens (tertiary/aromatic N) is 1. The van der Waals surface area contributed by atoms with E-state index in [1.165, 1.54) is 0 Å². The minimum absolute atomic E-state index is 0.00798. The summed E-state index contributed by atoms with van der Waals surface area (Å²) in [5, 5.41) is 6.00. The van der Waals surface area contributed by atoms with E-state index in [4.69, 9.17) is 0 Å². The molecule has 2 amide bonds. The third kappa shape index (κ3) is 5.49. The maximum absolute atomic E-state index is 11.6. The van der Waals surface area contributed by atoms with Gasteiger partial charge in [0.2, 0.25) is 11.8 Å². The van der Waals surface area contributed by atoms with Gasteiger partial charge in [0.1, 0.15) is 0 Å². The first-order chi connectivity index (χ1) is 8.63. The summed E-state index contributed by atoms with van der Waals surface area (Å²) in [6.45, 7) is 4.83. The molecule has 1 heterocycles. The topological polar surface area (TPSA) is 61.4 Å². The van der Waals surface area contributed by atoms with Crippen LogP contribution in [0.1, 0.15) is 32.6 Å². The van der Waals surface area contributed by atoms with Crippen LogP contribution in [0.25, 0.3) is 0 Å². The summed E-state index contributed by atoms with van der Waals surface area (Å²) < 4.78 is 0. The van der Waals surface area contributed by atoms with Crippen molar-refractivity contribution >= 4 is 11.8 Å². The molecule has 0 unspecified atom stereocenters. The third-order valence-electron chi connectivity index (χ3n) is 3.58. The van der Waals surface area contributed by atoms with E-state index in [0.29, 0.717) is 18.9 Å². The second kappa shape index (κ2) is 8.08. The highest BCUT2D eigenvalue weighted by Gasteiger charge is 2.15. The van der Waals surface area contributed by atoms with Crippen molar-refractivity contribution < 1.29 is 9.59 Å². The molecular weight excluding hydrogens is 230 g/mol. The molecule has 0 radical (unpaired) electrons. The van der Waals surface area contributed by atoms with E-state index in [0.717, 1.165) is 32.4 Å². The van der Waals surface area contributed by atoms with E-state index in [-0.39, 0.29) is 18.4 Å². The van der Waals surface area contributed by atoms with Gasteiger partial charge in [-0.15, -0.1) is 0 Å².